The van der Waals surface area contributed by atoms with Gasteiger partial charge in [-0.1, -0.05) is 13.8 Å². The molecular formula is C17H24N2O5S2. The molecule has 9 heteroatoms. The van der Waals surface area contributed by atoms with Crippen LogP contribution in [0.1, 0.15) is 38.3 Å². The van der Waals surface area contributed by atoms with Crippen molar-refractivity contribution >= 4 is 20.0 Å². The minimum atomic E-state index is -3.81. The number of nitrogens with one attached hydrogen (secondary N) is 1. The van der Waals surface area contributed by atoms with Crippen LogP contribution in [0.25, 0.3) is 0 Å². The second-order valence-corrected chi connectivity index (χ2v) is 9.50. The van der Waals surface area contributed by atoms with Crippen LogP contribution in [-0.4, -0.2) is 34.2 Å². The van der Waals surface area contributed by atoms with E-state index in [9.17, 15) is 16.8 Å². The van der Waals surface area contributed by atoms with Gasteiger partial charge in [-0.2, -0.15) is 4.31 Å². The van der Waals surface area contributed by atoms with Crippen molar-refractivity contribution in [2.24, 2.45) is 0 Å². The van der Waals surface area contributed by atoms with Crippen molar-refractivity contribution in [3.63, 3.8) is 0 Å². The number of benzene rings is 1. The van der Waals surface area contributed by atoms with Crippen LogP contribution in [0.15, 0.2) is 50.6 Å². The van der Waals surface area contributed by atoms with Crippen molar-refractivity contribution in [3.8, 4) is 0 Å². The second kappa shape index (κ2) is 7.91. The maximum Gasteiger partial charge on any atom is 0.243 e. The summed E-state index contributed by atoms with van der Waals surface area (Å²) in [7, 11) is -7.43. The Morgan fingerprint density at radius 3 is 1.96 bits per heavy atom. The maximum atomic E-state index is 12.5. The highest BCUT2D eigenvalue weighted by Gasteiger charge is 2.24. The number of rotatable bonds is 8. The van der Waals surface area contributed by atoms with Gasteiger partial charge in [-0.3, -0.25) is 0 Å². The topological polar surface area (TPSA) is 96.7 Å². The summed E-state index contributed by atoms with van der Waals surface area (Å²) in [6, 6.07) is 8.12. The van der Waals surface area contributed by atoms with Crippen LogP contribution in [0.4, 0.5) is 0 Å². The summed E-state index contributed by atoms with van der Waals surface area (Å²) in [6.07, 6.45) is 0. The summed E-state index contributed by atoms with van der Waals surface area (Å²) in [5, 5.41) is 0. The van der Waals surface area contributed by atoms with Crippen LogP contribution in [0.5, 0.6) is 0 Å². The summed E-state index contributed by atoms with van der Waals surface area (Å²) in [6.45, 7) is 7.65. The third-order valence-corrected chi connectivity index (χ3v) is 7.62. The van der Waals surface area contributed by atoms with E-state index in [2.05, 4.69) is 4.72 Å². The first-order chi connectivity index (χ1) is 12.1. The highest BCUT2D eigenvalue weighted by Crippen LogP contribution is 2.21. The first-order valence-electron chi connectivity index (χ1n) is 8.30. The molecule has 1 aromatic heterocycles. The van der Waals surface area contributed by atoms with E-state index in [0.29, 0.717) is 24.6 Å². The molecule has 1 heterocycles. The van der Waals surface area contributed by atoms with Crippen molar-refractivity contribution in [3.05, 3.63) is 47.9 Å². The third kappa shape index (κ3) is 4.35. The van der Waals surface area contributed by atoms with Crippen LogP contribution in [-0.2, 0) is 20.0 Å². The predicted octanol–water partition coefficient (Wildman–Crippen LogP) is 2.66. The van der Waals surface area contributed by atoms with Gasteiger partial charge in [-0.25, -0.2) is 21.6 Å². The quantitative estimate of drug-likeness (QED) is 0.735. The van der Waals surface area contributed by atoms with E-state index in [1.165, 1.54) is 28.6 Å². The minimum Gasteiger partial charge on any atom is -0.465 e. The second-order valence-electron chi connectivity index (χ2n) is 5.85. The van der Waals surface area contributed by atoms with E-state index in [1.807, 2.05) is 0 Å². The molecule has 7 nitrogen and oxygen atoms in total. The van der Waals surface area contributed by atoms with E-state index < -0.39 is 26.1 Å². The summed E-state index contributed by atoms with van der Waals surface area (Å²) in [5.41, 5.74) is 0. The molecule has 0 aliphatic rings. The van der Waals surface area contributed by atoms with Gasteiger partial charge < -0.3 is 4.42 Å². The fourth-order valence-corrected chi connectivity index (χ4v) is 5.22. The number of hydrogen-bond acceptors (Lipinski definition) is 5. The summed E-state index contributed by atoms with van der Waals surface area (Å²) >= 11 is 0. The molecular weight excluding hydrogens is 376 g/mol. The van der Waals surface area contributed by atoms with Gasteiger partial charge in [-0.15, -0.1) is 0 Å². The van der Waals surface area contributed by atoms with Gasteiger partial charge in [0.2, 0.25) is 20.0 Å². The van der Waals surface area contributed by atoms with Crippen molar-refractivity contribution in [2.45, 2.75) is 43.5 Å². The smallest absolute Gasteiger partial charge is 0.243 e. The molecule has 26 heavy (non-hydrogen) atoms. The lowest BCUT2D eigenvalue weighted by Gasteiger charge is -2.18. The Morgan fingerprint density at radius 1 is 0.962 bits per heavy atom. The maximum absolute atomic E-state index is 12.5. The van der Waals surface area contributed by atoms with Gasteiger partial charge >= 0.3 is 0 Å². The Hall–Kier alpha value is -1.68. The van der Waals surface area contributed by atoms with Crippen molar-refractivity contribution in [1.82, 2.24) is 9.03 Å². The highest BCUT2D eigenvalue weighted by molar-refractivity contribution is 7.89. The molecule has 0 fully saturated rings. The fraction of sp³-hybridized carbons (Fsp3) is 0.412. The number of nitrogens with zero attached hydrogens (tertiary/aromatic N) is 1. The number of furan rings is 1. The molecule has 0 radical (unpaired) electrons. The lowest BCUT2D eigenvalue weighted by atomic mass is 10.3. The van der Waals surface area contributed by atoms with Crippen LogP contribution < -0.4 is 4.72 Å². The molecule has 1 atom stereocenters. The van der Waals surface area contributed by atoms with Gasteiger partial charge in [0.25, 0.3) is 0 Å². The average molecular weight is 401 g/mol. The van der Waals surface area contributed by atoms with Crippen molar-refractivity contribution in [2.75, 3.05) is 13.1 Å². The lowest BCUT2D eigenvalue weighted by Crippen LogP contribution is -2.30. The van der Waals surface area contributed by atoms with Crippen LogP contribution in [0, 0.1) is 6.92 Å². The summed E-state index contributed by atoms with van der Waals surface area (Å²) in [5.74, 6) is 1.20. The Labute approximate surface area is 155 Å². The average Bonchev–Trinajstić information content (AvgIpc) is 3.02. The van der Waals surface area contributed by atoms with Crippen LogP contribution in [0.3, 0.4) is 0 Å². The zero-order valence-electron chi connectivity index (χ0n) is 15.3. The Balaban J connectivity index is 2.24. The molecule has 1 aromatic carbocycles. The zero-order chi connectivity index (χ0) is 19.5. The van der Waals surface area contributed by atoms with Crippen molar-refractivity contribution < 1.29 is 21.3 Å². The highest BCUT2D eigenvalue weighted by atomic mass is 32.2. The lowest BCUT2D eigenvalue weighted by molar-refractivity contribution is 0.441. The van der Waals surface area contributed by atoms with Gasteiger partial charge in [-0.05, 0) is 50.2 Å². The molecule has 0 spiro atoms. The molecule has 1 N–H and O–H groups in total. The van der Waals surface area contributed by atoms with E-state index in [1.54, 1.807) is 39.8 Å². The Morgan fingerprint density at radius 2 is 1.50 bits per heavy atom. The van der Waals surface area contributed by atoms with E-state index >= 15 is 0 Å². The van der Waals surface area contributed by atoms with Gasteiger partial charge in [0.15, 0.2) is 0 Å². The molecule has 0 amide bonds. The standard InChI is InChI=1S/C17H24N2O5S2/c1-5-19(6-2)26(22,23)16-10-8-15(9-11-16)25(20,21)18-14(4)17-12-7-13(3)24-17/h7-12,14,18H,5-6H2,1-4H3. The first-order valence-corrected chi connectivity index (χ1v) is 11.2. The fourth-order valence-electron chi connectivity index (χ4n) is 2.55. The molecule has 2 aromatic rings. The first kappa shape index (κ1) is 20.6. The van der Waals surface area contributed by atoms with E-state index in [-0.39, 0.29) is 9.79 Å². The number of hydrogen-bond donors (Lipinski definition) is 1. The molecule has 1 unspecified atom stereocenters. The van der Waals surface area contributed by atoms with Crippen LogP contribution in [0.2, 0.25) is 0 Å². The van der Waals surface area contributed by atoms with Gasteiger partial charge in [0.05, 0.1) is 15.8 Å². The third-order valence-electron chi connectivity index (χ3n) is 4.00. The molecule has 0 bridgehead atoms. The summed E-state index contributed by atoms with van der Waals surface area (Å²) < 4.78 is 59.2. The normalized spacial score (nSPS) is 13.9. The molecule has 144 valence electrons. The minimum absolute atomic E-state index is 0.00822. The molecule has 0 aliphatic carbocycles. The largest absolute Gasteiger partial charge is 0.465 e. The molecule has 0 aliphatic heterocycles. The van der Waals surface area contributed by atoms with Gasteiger partial charge in [0.1, 0.15) is 11.5 Å². The molecule has 2 rings (SSSR count). The zero-order valence-corrected chi connectivity index (χ0v) is 16.9. The van der Waals surface area contributed by atoms with Gasteiger partial charge in [0, 0.05) is 13.1 Å². The number of aryl methyl sites for hydroxylation is 1. The van der Waals surface area contributed by atoms with E-state index in [4.69, 9.17) is 4.42 Å². The monoisotopic (exact) mass is 400 g/mol. The molecule has 0 saturated heterocycles. The SMILES string of the molecule is CCN(CC)S(=O)(=O)c1ccc(S(=O)(=O)NC(C)c2ccc(C)o2)cc1. The van der Waals surface area contributed by atoms with Crippen molar-refractivity contribution in [1.29, 1.82) is 0 Å². The Kier molecular flexibility index (Phi) is 6.28. The predicted molar refractivity (Wildman–Crippen MR) is 98.7 cm³/mol. The Bertz CT molecular complexity index is 943. The molecule has 0 saturated carbocycles. The number of sulfonamides is 2. The van der Waals surface area contributed by atoms with Crippen LogP contribution >= 0.6 is 0 Å². The van der Waals surface area contributed by atoms with E-state index in [0.717, 1.165) is 0 Å². The summed E-state index contributed by atoms with van der Waals surface area (Å²) in [4.78, 5) is 0.0565.